The van der Waals surface area contributed by atoms with E-state index in [0.29, 0.717) is 23.2 Å². The van der Waals surface area contributed by atoms with Gasteiger partial charge < -0.3 is 11.1 Å². The molecule has 3 N–H and O–H groups in total. The Balaban J connectivity index is 2.11. The highest BCUT2D eigenvalue weighted by atomic mass is 35.5. The molecule has 2 aromatic heterocycles. The minimum atomic E-state index is 0.293. The second-order valence-corrected chi connectivity index (χ2v) is 4.48. The molecule has 0 bridgehead atoms. The zero-order valence-electron chi connectivity index (χ0n) is 8.70. The Labute approximate surface area is 102 Å². The molecule has 2 rings (SSSR count). The highest BCUT2D eigenvalue weighted by molar-refractivity contribution is 7.08. The van der Waals surface area contributed by atoms with Crippen LogP contribution in [0.3, 0.4) is 0 Å². The lowest BCUT2D eigenvalue weighted by molar-refractivity contribution is 1.08. The maximum atomic E-state index is 5.96. The van der Waals surface area contributed by atoms with Crippen LogP contribution >= 0.6 is 22.9 Å². The Morgan fingerprint density at radius 2 is 2.25 bits per heavy atom. The molecule has 0 unspecified atom stereocenters. The molecule has 0 radical (unpaired) electrons. The van der Waals surface area contributed by atoms with Crippen LogP contribution in [0.4, 0.5) is 11.6 Å². The number of thiophene rings is 1. The third kappa shape index (κ3) is 2.25. The van der Waals surface area contributed by atoms with Crippen molar-refractivity contribution in [1.82, 2.24) is 9.97 Å². The molecule has 0 fully saturated rings. The standard InChI is InChI=1S/C10H11ClN4S/c1-6-3-16-4-7(6)2-13-10-8(11)9(12)14-5-15-10/h3-5H,2H2,1H3,(H3,12,13,14,15). The average Bonchev–Trinajstić information content (AvgIpc) is 2.67. The molecule has 2 aromatic rings. The van der Waals surface area contributed by atoms with Crippen LogP contribution in [0.25, 0.3) is 0 Å². The molecule has 6 heteroatoms. The lowest BCUT2D eigenvalue weighted by Crippen LogP contribution is -2.04. The van der Waals surface area contributed by atoms with E-state index in [2.05, 4.69) is 33.0 Å². The number of hydrogen-bond donors (Lipinski definition) is 2. The molecule has 84 valence electrons. The molecule has 0 aromatic carbocycles. The average molecular weight is 255 g/mol. The number of nitrogens with zero attached hydrogens (tertiary/aromatic N) is 2. The molecular weight excluding hydrogens is 244 g/mol. The minimum Gasteiger partial charge on any atom is -0.382 e. The van der Waals surface area contributed by atoms with Gasteiger partial charge in [-0.05, 0) is 28.8 Å². The molecule has 0 aliphatic carbocycles. The normalized spacial score (nSPS) is 10.4. The van der Waals surface area contributed by atoms with Crippen LogP contribution in [0.15, 0.2) is 17.1 Å². The number of aryl methyl sites for hydroxylation is 1. The number of aromatic nitrogens is 2. The van der Waals surface area contributed by atoms with Gasteiger partial charge in [-0.3, -0.25) is 0 Å². The van der Waals surface area contributed by atoms with Crippen molar-refractivity contribution in [1.29, 1.82) is 0 Å². The zero-order valence-corrected chi connectivity index (χ0v) is 10.3. The summed E-state index contributed by atoms with van der Waals surface area (Å²) in [4.78, 5) is 7.84. The first kappa shape index (κ1) is 11.2. The zero-order chi connectivity index (χ0) is 11.5. The van der Waals surface area contributed by atoms with Gasteiger partial charge in [-0.15, -0.1) is 0 Å². The number of rotatable bonds is 3. The van der Waals surface area contributed by atoms with Gasteiger partial charge in [0.15, 0.2) is 5.82 Å². The van der Waals surface area contributed by atoms with Crippen LogP contribution in [-0.4, -0.2) is 9.97 Å². The predicted molar refractivity (Wildman–Crippen MR) is 67.8 cm³/mol. The largest absolute Gasteiger partial charge is 0.382 e. The summed E-state index contributed by atoms with van der Waals surface area (Å²) in [5.41, 5.74) is 8.07. The lowest BCUT2D eigenvalue weighted by atomic mass is 10.2. The second kappa shape index (κ2) is 4.67. The number of halogens is 1. The molecule has 0 spiro atoms. The van der Waals surface area contributed by atoms with E-state index in [1.807, 2.05) is 0 Å². The number of nitrogens with two attached hydrogens (primary N) is 1. The van der Waals surface area contributed by atoms with E-state index in [4.69, 9.17) is 17.3 Å². The monoisotopic (exact) mass is 254 g/mol. The van der Waals surface area contributed by atoms with Crippen LogP contribution < -0.4 is 11.1 Å². The number of nitrogens with one attached hydrogen (secondary N) is 1. The van der Waals surface area contributed by atoms with Crippen molar-refractivity contribution in [2.45, 2.75) is 13.5 Å². The van der Waals surface area contributed by atoms with Crippen LogP contribution in [0.5, 0.6) is 0 Å². The smallest absolute Gasteiger partial charge is 0.150 e. The van der Waals surface area contributed by atoms with Gasteiger partial charge in [-0.1, -0.05) is 11.6 Å². The first-order valence-electron chi connectivity index (χ1n) is 4.70. The maximum Gasteiger partial charge on any atom is 0.150 e. The molecule has 0 atom stereocenters. The van der Waals surface area contributed by atoms with Crippen molar-refractivity contribution in [3.8, 4) is 0 Å². The van der Waals surface area contributed by atoms with Gasteiger partial charge >= 0.3 is 0 Å². The third-order valence-corrected chi connectivity index (χ3v) is 3.51. The van der Waals surface area contributed by atoms with Crippen LogP contribution in [0, 0.1) is 6.92 Å². The SMILES string of the molecule is Cc1cscc1CNc1ncnc(N)c1Cl. The Bertz CT molecular complexity index is 497. The van der Waals surface area contributed by atoms with E-state index < -0.39 is 0 Å². The van der Waals surface area contributed by atoms with Gasteiger partial charge in [0.2, 0.25) is 0 Å². The topological polar surface area (TPSA) is 63.8 Å². The van der Waals surface area contributed by atoms with E-state index in [1.165, 1.54) is 17.5 Å². The summed E-state index contributed by atoms with van der Waals surface area (Å²) >= 11 is 7.64. The van der Waals surface area contributed by atoms with Gasteiger partial charge in [-0.2, -0.15) is 11.3 Å². The van der Waals surface area contributed by atoms with Gasteiger partial charge in [0, 0.05) is 6.54 Å². The highest BCUT2D eigenvalue weighted by Crippen LogP contribution is 2.24. The molecule has 4 nitrogen and oxygen atoms in total. The fraction of sp³-hybridized carbons (Fsp3) is 0.200. The van der Waals surface area contributed by atoms with Gasteiger partial charge in [0.25, 0.3) is 0 Å². The molecule has 0 saturated carbocycles. The van der Waals surface area contributed by atoms with Gasteiger partial charge in [0.1, 0.15) is 17.2 Å². The summed E-state index contributed by atoms with van der Waals surface area (Å²) in [5.74, 6) is 0.862. The van der Waals surface area contributed by atoms with Crippen molar-refractivity contribution in [3.63, 3.8) is 0 Å². The van der Waals surface area contributed by atoms with Crippen molar-refractivity contribution < 1.29 is 0 Å². The number of anilines is 2. The molecule has 0 aliphatic rings. The first-order chi connectivity index (χ1) is 7.68. The van der Waals surface area contributed by atoms with Crippen LogP contribution in [0.2, 0.25) is 5.02 Å². The van der Waals surface area contributed by atoms with Crippen molar-refractivity contribution >= 4 is 34.6 Å². The van der Waals surface area contributed by atoms with E-state index in [0.717, 1.165) is 0 Å². The summed E-state index contributed by atoms with van der Waals surface area (Å²) in [5, 5.41) is 7.71. The van der Waals surface area contributed by atoms with E-state index in [-0.39, 0.29) is 0 Å². The van der Waals surface area contributed by atoms with Crippen molar-refractivity contribution in [2.75, 3.05) is 11.1 Å². The maximum absolute atomic E-state index is 5.96. The minimum absolute atomic E-state index is 0.293. The van der Waals surface area contributed by atoms with E-state index >= 15 is 0 Å². The molecule has 2 heterocycles. The Morgan fingerprint density at radius 1 is 1.44 bits per heavy atom. The fourth-order valence-corrected chi connectivity index (χ4v) is 2.28. The third-order valence-electron chi connectivity index (χ3n) is 2.22. The molecular formula is C10H11ClN4S. The van der Waals surface area contributed by atoms with Crippen molar-refractivity contribution in [3.05, 3.63) is 33.2 Å². The van der Waals surface area contributed by atoms with E-state index in [1.54, 1.807) is 11.3 Å². The lowest BCUT2D eigenvalue weighted by Gasteiger charge is -2.07. The second-order valence-electron chi connectivity index (χ2n) is 3.36. The van der Waals surface area contributed by atoms with Crippen LogP contribution in [0.1, 0.15) is 11.1 Å². The number of nitrogen functional groups attached to an aromatic ring is 1. The molecule has 0 saturated heterocycles. The van der Waals surface area contributed by atoms with Crippen LogP contribution in [-0.2, 0) is 6.54 Å². The quantitative estimate of drug-likeness (QED) is 0.884. The first-order valence-corrected chi connectivity index (χ1v) is 6.02. The Morgan fingerprint density at radius 3 is 2.94 bits per heavy atom. The summed E-state index contributed by atoms with van der Waals surface area (Å²) < 4.78 is 0. The molecule has 0 amide bonds. The van der Waals surface area contributed by atoms with E-state index in [9.17, 15) is 0 Å². The Kier molecular flexibility index (Phi) is 3.26. The molecule has 0 aliphatic heterocycles. The summed E-state index contributed by atoms with van der Waals surface area (Å²) in [6.45, 7) is 2.76. The summed E-state index contributed by atoms with van der Waals surface area (Å²) in [6, 6.07) is 0. The van der Waals surface area contributed by atoms with Gasteiger partial charge in [-0.25, -0.2) is 9.97 Å². The number of hydrogen-bond acceptors (Lipinski definition) is 5. The predicted octanol–water partition coefficient (Wildman–Crippen LogP) is 2.69. The summed E-state index contributed by atoms with van der Waals surface area (Å²) in [6.07, 6.45) is 1.39. The fourth-order valence-electron chi connectivity index (χ4n) is 1.25. The molecule has 16 heavy (non-hydrogen) atoms. The Hall–Kier alpha value is -1.33. The van der Waals surface area contributed by atoms with Gasteiger partial charge in [0.05, 0.1) is 0 Å². The highest BCUT2D eigenvalue weighted by Gasteiger charge is 2.06. The summed E-state index contributed by atoms with van der Waals surface area (Å²) in [7, 11) is 0. The van der Waals surface area contributed by atoms with Crippen molar-refractivity contribution in [2.24, 2.45) is 0 Å².